The summed E-state index contributed by atoms with van der Waals surface area (Å²) in [5.41, 5.74) is -0.0991. The van der Waals surface area contributed by atoms with Gasteiger partial charge in [0.1, 0.15) is 6.10 Å². The Bertz CT molecular complexity index is 369. The normalized spacial score (nSPS) is 23.4. The molecule has 1 saturated carbocycles. The van der Waals surface area contributed by atoms with E-state index in [2.05, 4.69) is 25.7 Å². The van der Waals surface area contributed by atoms with E-state index >= 15 is 0 Å². The van der Waals surface area contributed by atoms with E-state index in [0.29, 0.717) is 12.5 Å². The van der Waals surface area contributed by atoms with Gasteiger partial charge in [0.2, 0.25) is 0 Å². The Labute approximate surface area is 134 Å². The minimum Gasteiger partial charge on any atom is -0.391 e. The number of hydrogen-bond acceptors (Lipinski definition) is 4. The fourth-order valence-corrected chi connectivity index (χ4v) is 2.56. The number of amides is 1. The maximum Gasteiger partial charge on any atom is 0.251 e. The van der Waals surface area contributed by atoms with Gasteiger partial charge in [0, 0.05) is 32.7 Å². The number of hydrogen-bond donors (Lipinski definition) is 1. The Balaban J connectivity index is 1.70. The number of carbonyl (C=O) groups is 1. The zero-order chi connectivity index (χ0) is 16.3. The minimum absolute atomic E-state index is 0.0991. The highest BCUT2D eigenvalue weighted by molar-refractivity contribution is 5.80. The maximum absolute atomic E-state index is 12.4. The van der Waals surface area contributed by atoms with Crippen LogP contribution in [0.15, 0.2) is 0 Å². The van der Waals surface area contributed by atoms with Crippen molar-refractivity contribution < 1.29 is 14.6 Å². The molecule has 0 aromatic carbocycles. The van der Waals surface area contributed by atoms with Gasteiger partial charge in [-0.3, -0.25) is 9.69 Å². The summed E-state index contributed by atoms with van der Waals surface area (Å²) >= 11 is 0. The van der Waals surface area contributed by atoms with Crippen LogP contribution < -0.4 is 0 Å². The third kappa shape index (κ3) is 5.21. The second kappa shape index (κ2) is 7.28. The summed E-state index contributed by atoms with van der Waals surface area (Å²) in [4.78, 5) is 16.5. The van der Waals surface area contributed by atoms with E-state index in [9.17, 15) is 9.90 Å². The zero-order valence-corrected chi connectivity index (χ0v) is 14.5. The number of aliphatic hydroxyl groups is 1. The molecule has 0 unspecified atom stereocenters. The van der Waals surface area contributed by atoms with Crippen LogP contribution in [-0.2, 0) is 9.53 Å². The number of nitrogens with zero attached hydrogens (tertiary/aromatic N) is 2. The first-order valence-corrected chi connectivity index (χ1v) is 8.58. The number of carbonyl (C=O) groups excluding carboxylic acids is 1. The smallest absolute Gasteiger partial charge is 0.251 e. The Morgan fingerprint density at radius 2 is 1.82 bits per heavy atom. The fraction of sp³-hybridized carbons (Fsp3) is 0.941. The van der Waals surface area contributed by atoms with Crippen molar-refractivity contribution in [3.63, 3.8) is 0 Å². The number of β-amino-alcohol motifs (C(OH)–C–C–N with tert-alkyl or cyclic N) is 1. The SMILES string of the molecule is C[C@H](OCC1CC1)C(=O)N1CCN(C[C@@H](O)C(C)(C)C)CC1. The highest BCUT2D eigenvalue weighted by atomic mass is 16.5. The molecule has 5 nitrogen and oxygen atoms in total. The van der Waals surface area contributed by atoms with E-state index < -0.39 is 0 Å². The molecule has 1 heterocycles. The van der Waals surface area contributed by atoms with Gasteiger partial charge in [0.05, 0.1) is 12.7 Å². The predicted octanol–water partition coefficient (Wildman–Crippen LogP) is 1.35. The van der Waals surface area contributed by atoms with Gasteiger partial charge < -0.3 is 14.7 Å². The third-order valence-corrected chi connectivity index (χ3v) is 4.74. The molecule has 0 spiro atoms. The van der Waals surface area contributed by atoms with Crippen molar-refractivity contribution in [1.29, 1.82) is 0 Å². The molecule has 1 amide bonds. The summed E-state index contributed by atoms with van der Waals surface area (Å²) in [6, 6.07) is 0. The summed E-state index contributed by atoms with van der Waals surface area (Å²) in [5.74, 6) is 0.794. The summed E-state index contributed by atoms with van der Waals surface area (Å²) in [6.07, 6.45) is 1.83. The summed E-state index contributed by atoms with van der Waals surface area (Å²) in [6.45, 7) is 12.5. The van der Waals surface area contributed by atoms with E-state index in [1.165, 1.54) is 12.8 Å². The van der Waals surface area contributed by atoms with Crippen LogP contribution in [-0.4, -0.2) is 72.4 Å². The topological polar surface area (TPSA) is 53.0 Å². The van der Waals surface area contributed by atoms with E-state index in [-0.39, 0.29) is 23.5 Å². The lowest BCUT2D eigenvalue weighted by Gasteiger charge is -2.38. The molecule has 0 aromatic rings. The number of ether oxygens (including phenoxy) is 1. The average molecular weight is 312 g/mol. The summed E-state index contributed by atoms with van der Waals surface area (Å²) < 4.78 is 5.67. The minimum atomic E-state index is -0.337. The standard InChI is InChI=1S/C17H32N2O3/c1-13(22-12-14-5-6-14)16(21)19-9-7-18(8-10-19)11-15(20)17(2,3)4/h13-15,20H,5-12H2,1-4H3/t13-,15+/m0/s1. The van der Waals surface area contributed by atoms with Crippen LogP contribution in [0.4, 0.5) is 0 Å². The Morgan fingerprint density at radius 1 is 1.23 bits per heavy atom. The maximum atomic E-state index is 12.4. The van der Waals surface area contributed by atoms with Crippen LogP contribution >= 0.6 is 0 Å². The lowest BCUT2D eigenvalue weighted by atomic mass is 9.89. The predicted molar refractivity (Wildman–Crippen MR) is 86.6 cm³/mol. The fourth-order valence-electron chi connectivity index (χ4n) is 2.56. The van der Waals surface area contributed by atoms with Gasteiger partial charge in [-0.15, -0.1) is 0 Å². The largest absolute Gasteiger partial charge is 0.391 e. The van der Waals surface area contributed by atoms with Gasteiger partial charge in [0.25, 0.3) is 5.91 Å². The monoisotopic (exact) mass is 312 g/mol. The van der Waals surface area contributed by atoms with Gasteiger partial charge in [-0.2, -0.15) is 0 Å². The first-order valence-electron chi connectivity index (χ1n) is 8.58. The van der Waals surface area contributed by atoms with Gasteiger partial charge >= 0.3 is 0 Å². The molecule has 1 saturated heterocycles. The average Bonchev–Trinajstić information content (AvgIpc) is 3.28. The van der Waals surface area contributed by atoms with Crippen LogP contribution in [0.5, 0.6) is 0 Å². The van der Waals surface area contributed by atoms with Crippen LogP contribution in [0.3, 0.4) is 0 Å². The first kappa shape index (κ1) is 17.7. The van der Waals surface area contributed by atoms with Crippen molar-refractivity contribution in [2.45, 2.75) is 52.7 Å². The molecule has 22 heavy (non-hydrogen) atoms. The Hall–Kier alpha value is -0.650. The van der Waals surface area contributed by atoms with Crippen molar-refractivity contribution in [2.24, 2.45) is 11.3 Å². The highest BCUT2D eigenvalue weighted by Gasteiger charge is 2.30. The van der Waals surface area contributed by atoms with Gasteiger partial charge in [0.15, 0.2) is 0 Å². The van der Waals surface area contributed by atoms with Crippen LogP contribution in [0.1, 0.15) is 40.5 Å². The molecular weight excluding hydrogens is 280 g/mol. The highest BCUT2D eigenvalue weighted by Crippen LogP contribution is 2.29. The molecule has 0 radical (unpaired) electrons. The first-order chi connectivity index (χ1) is 10.3. The molecule has 1 aliphatic heterocycles. The molecular formula is C17H32N2O3. The number of rotatable bonds is 6. The van der Waals surface area contributed by atoms with E-state index in [0.717, 1.165) is 32.8 Å². The Kier molecular flexibility index (Phi) is 5.86. The molecule has 2 atom stereocenters. The lowest BCUT2D eigenvalue weighted by molar-refractivity contribution is -0.145. The van der Waals surface area contributed by atoms with Gasteiger partial charge in [-0.05, 0) is 31.1 Å². The molecule has 1 aliphatic carbocycles. The van der Waals surface area contributed by atoms with Crippen molar-refractivity contribution in [3.8, 4) is 0 Å². The lowest BCUT2D eigenvalue weighted by Crippen LogP contribution is -2.53. The molecule has 0 bridgehead atoms. The van der Waals surface area contributed by atoms with Crippen molar-refractivity contribution >= 4 is 5.91 Å². The zero-order valence-electron chi connectivity index (χ0n) is 14.5. The van der Waals surface area contributed by atoms with Crippen molar-refractivity contribution in [3.05, 3.63) is 0 Å². The number of piperazine rings is 1. The van der Waals surface area contributed by atoms with Crippen LogP contribution in [0, 0.1) is 11.3 Å². The molecule has 1 N–H and O–H groups in total. The van der Waals surface area contributed by atoms with Gasteiger partial charge in [-0.25, -0.2) is 0 Å². The number of aliphatic hydroxyl groups excluding tert-OH is 1. The van der Waals surface area contributed by atoms with Crippen molar-refractivity contribution in [1.82, 2.24) is 9.80 Å². The summed E-state index contributed by atoms with van der Waals surface area (Å²) in [5, 5.41) is 10.2. The van der Waals surface area contributed by atoms with Gasteiger partial charge in [-0.1, -0.05) is 20.8 Å². The molecule has 0 aromatic heterocycles. The molecule has 2 rings (SSSR count). The van der Waals surface area contributed by atoms with Crippen LogP contribution in [0.25, 0.3) is 0 Å². The molecule has 2 aliphatic rings. The Morgan fingerprint density at radius 3 is 2.32 bits per heavy atom. The van der Waals surface area contributed by atoms with Crippen LogP contribution in [0.2, 0.25) is 0 Å². The van der Waals surface area contributed by atoms with E-state index in [1.54, 1.807) is 0 Å². The summed E-state index contributed by atoms with van der Waals surface area (Å²) in [7, 11) is 0. The quantitative estimate of drug-likeness (QED) is 0.804. The molecule has 128 valence electrons. The van der Waals surface area contributed by atoms with E-state index in [1.807, 2.05) is 11.8 Å². The third-order valence-electron chi connectivity index (χ3n) is 4.74. The second-order valence-corrected chi connectivity index (χ2v) is 7.93. The van der Waals surface area contributed by atoms with Crippen molar-refractivity contribution in [2.75, 3.05) is 39.3 Å². The molecule has 5 heteroatoms. The molecule has 2 fully saturated rings. The van der Waals surface area contributed by atoms with E-state index in [4.69, 9.17) is 4.74 Å². The second-order valence-electron chi connectivity index (χ2n) is 7.93.